The van der Waals surface area contributed by atoms with Crippen LogP contribution >= 0.6 is 11.3 Å². The normalized spacial score (nSPS) is 15.0. The van der Waals surface area contributed by atoms with Gasteiger partial charge in [-0.05, 0) is 41.2 Å². The van der Waals surface area contributed by atoms with Crippen molar-refractivity contribution in [3.8, 4) is 0 Å². The third kappa shape index (κ3) is 3.08. The molecule has 0 fully saturated rings. The summed E-state index contributed by atoms with van der Waals surface area (Å²) in [5.74, 6) is 0.606. The van der Waals surface area contributed by atoms with Gasteiger partial charge in [0.1, 0.15) is 0 Å². The Morgan fingerprint density at radius 1 is 1.29 bits per heavy atom. The summed E-state index contributed by atoms with van der Waals surface area (Å²) in [6.45, 7) is 4.38. The van der Waals surface area contributed by atoms with Crippen LogP contribution < -0.4 is 0 Å². The largest absolute Gasteiger partial charge is 0.393 e. The molecule has 0 radical (unpaired) electrons. The molecule has 92 valence electrons. The molecule has 0 aliphatic heterocycles. The van der Waals surface area contributed by atoms with Gasteiger partial charge in [-0.1, -0.05) is 38.5 Å². The minimum absolute atomic E-state index is 0.206. The molecule has 0 spiro atoms. The highest BCUT2D eigenvalue weighted by atomic mass is 32.1. The first-order valence-corrected chi connectivity index (χ1v) is 7.21. The van der Waals surface area contributed by atoms with E-state index in [1.807, 2.05) is 0 Å². The molecule has 0 aliphatic rings. The lowest BCUT2D eigenvalue weighted by molar-refractivity contribution is 0.145. The van der Waals surface area contributed by atoms with Gasteiger partial charge in [0.05, 0.1) is 6.10 Å². The highest BCUT2D eigenvalue weighted by molar-refractivity contribution is 7.17. The summed E-state index contributed by atoms with van der Waals surface area (Å²) in [5.41, 5.74) is 1.29. The van der Waals surface area contributed by atoms with E-state index in [2.05, 4.69) is 43.5 Å². The molecule has 0 saturated carbocycles. The summed E-state index contributed by atoms with van der Waals surface area (Å²) >= 11 is 1.77. The van der Waals surface area contributed by atoms with Crippen molar-refractivity contribution in [1.82, 2.24) is 0 Å². The number of hydrogen-bond acceptors (Lipinski definition) is 2. The lowest BCUT2D eigenvalue weighted by atomic mass is 9.96. The molecule has 2 unspecified atom stereocenters. The van der Waals surface area contributed by atoms with Crippen molar-refractivity contribution < 1.29 is 5.11 Å². The fourth-order valence-electron chi connectivity index (χ4n) is 2.16. The number of hydrogen-bond donors (Lipinski definition) is 1. The molecular formula is C15H20OS. The van der Waals surface area contributed by atoms with E-state index in [1.54, 1.807) is 11.3 Å². The van der Waals surface area contributed by atoms with Gasteiger partial charge in [-0.15, -0.1) is 11.3 Å². The van der Waals surface area contributed by atoms with Gasteiger partial charge in [-0.2, -0.15) is 0 Å². The number of fused-ring (bicyclic) bond motifs is 1. The Labute approximate surface area is 107 Å². The van der Waals surface area contributed by atoms with E-state index >= 15 is 0 Å². The van der Waals surface area contributed by atoms with Crippen molar-refractivity contribution in [2.45, 2.75) is 39.2 Å². The lowest BCUT2D eigenvalue weighted by Crippen LogP contribution is -2.14. The summed E-state index contributed by atoms with van der Waals surface area (Å²) in [7, 11) is 0. The predicted octanol–water partition coefficient (Wildman–Crippen LogP) is 4.24. The van der Waals surface area contributed by atoms with E-state index in [0.29, 0.717) is 5.92 Å². The highest BCUT2D eigenvalue weighted by Gasteiger charge is 2.12. The molecule has 2 heteroatoms. The molecule has 1 N–H and O–H groups in total. The van der Waals surface area contributed by atoms with Gasteiger partial charge in [-0.25, -0.2) is 0 Å². The Bertz CT molecular complexity index is 474. The quantitative estimate of drug-likeness (QED) is 0.839. The second-order valence-corrected chi connectivity index (χ2v) is 5.78. The van der Waals surface area contributed by atoms with Gasteiger partial charge >= 0.3 is 0 Å². The number of thiophene rings is 1. The van der Waals surface area contributed by atoms with Crippen LogP contribution in [-0.2, 0) is 6.42 Å². The van der Waals surface area contributed by atoms with Gasteiger partial charge in [0.25, 0.3) is 0 Å². The first-order valence-electron chi connectivity index (χ1n) is 6.34. The van der Waals surface area contributed by atoms with Crippen molar-refractivity contribution in [1.29, 1.82) is 0 Å². The summed E-state index contributed by atoms with van der Waals surface area (Å²) in [6.07, 6.45) is 2.62. The van der Waals surface area contributed by atoms with Gasteiger partial charge in [0.2, 0.25) is 0 Å². The number of benzene rings is 1. The second-order valence-electron chi connectivity index (χ2n) is 4.86. The zero-order valence-electron chi connectivity index (χ0n) is 10.5. The smallest absolute Gasteiger partial charge is 0.0583 e. The van der Waals surface area contributed by atoms with E-state index < -0.39 is 0 Å². The van der Waals surface area contributed by atoms with Crippen LogP contribution in [0.5, 0.6) is 0 Å². The zero-order chi connectivity index (χ0) is 12.3. The minimum Gasteiger partial charge on any atom is -0.393 e. The summed E-state index contributed by atoms with van der Waals surface area (Å²) in [4.78, 5) is 0. The third-order valence-electron chi connectivity index (χ3n) is 3.39. The van der Waals surface area contributed by atoms with Crippen LogP contribution in [0.3, 0.4) is 0 Å². The zero-order valence-corrected chi connectivity index (χ0v) is 11.3. The number of aliphatic hydroxyl groups is 1. The maximum atomic E-state index is 10.1. The Morgan fingerprint density at radius 3 is 2.82 bits per heavy atom. The SMILES string of the molecule is CCC(C)CC(O)Cc1csc2ccccc12. The van der Waals surface area contributed by atoms with Crippen LogP contribution in [0, 0.1) is 5.92 Å². The predicted molar refractivity (Wildman–Crippen MR) is 75.6 cm³/mol. The standard InChI is InChI=1S/C15H20OS/c1-3-11(2)8-13(16)9-12-10-17-15-7-5-4-6-14(12)15/h4-7,10-11,13,16H,3,8-9H2,1-2H3. The maximum absolute atomic E-state index is 10.1. The molecule has 2 atom stereocenters. The van der Waals surface area contributed by atoms with Crippen molar-refractivity contribution in [3.63, 3.8) is 0 Å². The fourth-order valence-corrected chi connectivity index (χ4v) is 3.13. The highest BCUT2D eigenvalue weighted by Crippen LogP contribution is 2.27. The van der Waals surface area contributed by atoms with Gasteiger partial charge < -0.3 is 5.11 Å². The Balaban J connectivity index is 2.08. The first-order chi connectivity index (χ1) is 8.20. The average Bonchev–Trinajstić information content (AvgIpc) is 2.72. The maximum Gasteiger partial charge on any atom is 0.0583 e. The molecule has 1 aromatic heterocycles. The van der Waals surface area contributed by atoms with Crippen molar-refractivity contribution in [3.05, 3.63) is 35.2 Å². The van der Waals surface area contributed by atoms with Crippen LogP contribution in [0.15, 0.2) is 29.6 Å². The van der Waals surface area contributed by atoms with Crippen LogP contribution in [0.2, 0.25) is 0 Å². The second kappa shape index (κ2) is 5.65. The summed E-state index contributed by atoms with van der Waals surface area (Å²) < 4.78 is 1.32. The van der Waals surface area contributed by atoms with E-state index in [4.69, 9.17) is 0 Å². The van der Waals surface area contributed by atoms with Crippen molar-refractivity contribution >= 4 is 21.4 Å². The average molecular weight is 248 g/mol. The first kappa shape index (κ1) is 12.6. The molecular weight excluding hydrogens is 228 g/mol. The Kier molecular flexibility index (Phi) is 4.19. The van der Waals surface area contributed by atoms with Crippen LogP contribution in [-0.4, -0.2) is 11.2 Å². The number of rotatable bonds is 5. The monoisotopic (exact) mass is 248 g/mol. The van der Waals surface area contributed by atoms with Gasteiger partial charge in [0.15, 0.2) is 0 Å². The lowest BCUT2D eigenvalue weighted by Gasteiger charge is -2.14. The molecule has 2 aromatic rings. The van der Waals surface area contributed by atoms with Gasteiger partial charge in [0, 0.05) is 4.70 Å². The summed E-state index contributed by atoms with van der Waals surface area (Å²) in [5, 5.41) is 13.6. The molecule has 0 aliphatic carbocycles. The Morgan fingerprint density at radius 2 is 2.06 bits per heavy atom. The van der Waals surface area contributed by atoms with E-state index in [0.717, 1.165) is 19.3 Å². The molecule has 1 heterocycles. The van der Waals surface area contributed by atoms with E-state index in [9.17, 15) is 5.11 Å². The van der Waals surface area contributed by atoms with Crippen molar-refractivity contribution in [2.24, 2.45) is 5.92 Å². The van der Waals surface area contributed by atoms with Crippen molar-refractivity contribution in [2.75, 3.05) is 0 Å². The third-order valence-corrected chi connectivity index (χ3v) is 4.40. The minimum atomic E-state index is -0.206. The van der Waals surface area contributed by atoms with E-state index in [-0.39, 0.29) is 6.10 Å². The van der Waals surface area contributed by atoms with E-state index in [1.165, 1.54) is 15.6 Å². The van der Waals surface area contributed by atoms with Crippen LogP contribution in [0.4, 0.5) is 0 Å². The topological polar surface area (TPSA) is 20.2 Å². The molecule has 1 aromatic carbocycles. The molecule has 1 nitrogen and oxygen atoms in total. The molecule has 17 heavy (non-hydrogen) atoms. The van der Waals surface area contributed by atoms with Crippen LogP contribution in [0.25, 0.3) is 10.1 Å². The molecule has 0 saturated heterocycles. The molecule has 0 amide bonds. The van der Waals surface area contributed by atoms with Crippen LogP contribution in [0.1, 0.15) is 32.3 Å². The fraction of sp³-hybridized carbons (Fsp3) is 0.467. The van der Waals surface area contributed by atoms with Gasteiger partial charge in [-0.3, -0.25) is 0 Å². The molecule has 0 bridgehead atoms. The Hall–Kier alpha value is -0.860. The number of aliphatic hydroxyl groups excluding tert-OH is 1. The molecule has 2 rings (SSSR count). The summed E-state index contributed by atoms with van der Waals surface area (Å²) in [6, 6.07) is 8.43.